The molecule has 0 amide bonds. The van der Waals surface area contributed by atoms with Gasteiger partial charge in [-0.1, -0.05) is 19.8 Å². The molecule has 1 rings (SSSR count). The summed E-state index contributed by atoms with van der Waals surface area (Å²) in [4.78, 5) is 2.29. The Hall–Kier alpha value is -0.120. The first kappa shape index (κ1) is 12.9. The van der Waals surface area contributed by atoms with Gasteiger partial charge in [0, 0.05) is 25.7 Å². The van der Waals surface area contributed by atoms with Crippen molar-refractivity contribution >= 4 is 0 Å². The van der Waals surface area contributed by atoms with E-state index >= 15 is 0 Å². The van der Waals surface area contributed by atoms with Crippen LogP contribution in [0.15, 0.2) is 0 Å². The number of nitrogens with zero attached hydrogens (tertiary/aromatic N) is 1. The van der Waals surface area contributed by atoms with Crippen LogP contribution in [-0.4, -0.2) is 44.3 Å². The van der Waals surface area contributed by atoms with Crippen LogP contribution in [0.4, 0.5) is 0 Å². The fourth-order valence-electron chi connectivity index (χ4n) is 2.71. The van der Waals surface area contributed by atoms with Crippen molar-refractivity contribution < 1.29 is 4.74 Å². The van der Waals surface area contributed by atoms with E-state index in [0.717, 1.165) is 25.6 Å². The maximum absolute atomic E-state index is 6.44. The summed E-state index contributed by atoms with van der Waals surface area (Å²) >= 11 is 0. The molecule has 15 heavy (non-hydrogen) atoms. The quantitative estimate of drug-likeness (QED) is 0.753. The number of methoxy groups -OCH3 is 1. The summed E-state index contributed by atoms with van der Waals surface area (Å²) in [6.45, 7) is 5.09. The molecule has 1 aliphatic carbocycles. The Bertz CT molecular complexity index is 186. The summed E-state index contributed by atoms with van der Waals surface area (Å²) in [6.07, 6.45) is 4.98. The molecule has 0 bridgehead atoms. The van der Waals surface area contributed by atoms with Crippen LogP contribution in [0.5, 0.6) is 0 Å². The molecule has 1 aliphatic rings. The largest absolute Gasteiger partial charge is 0.383 e. The molecular formula is C12H26N2O. The minimum absolute atomic E-state index is 0.0418. The zero-order valence-electron chi connectivity index (χ0n) is 10.5. The van der Waals surface area contributed by atoms with Crippen LogP contribution >= 0.6 is 0 Å². The van der Waals surface area contributed by atoms with Crippen LogP contribution in [0.1, 0.15) is 32.6 Å². The molecule has 2 atom stereocenters. The van der Waals surface area contributed by atoms with Crippen LogP contribution in [0.3, 0.4) is 0 Å². The lowest BCUT2D eigenvalue weighted by Gasteiger charge is -2.39. The third-order valence-corrected chi connectivity index (χ3v) is 3.39. The predicted molar refractivity (Wildman–Crippen MR) is 63.9 cm³/mol. The van der Waals surface area contributed by atoms with Crippen LogP contribution in [-0.2, 0) is 4.74 Å². The Labute approximate surface area is 94.0 Å². The first-order valence-electron chi connectivity index (χ1n) is 6.02. The summed E-state index contributed by atoms with van der Waals surface area (Å²) in [5.74, 6) is 0.791. The van der Waals surface area contributed by atoms with Crippen molar-refractivity contribution in [1.29, 1.82) is 0 Å². The van der Waals surface area contributed by atoms with Gasteiger partial charge in [-0.15, -0.1) is 0 Å². The molecule has 0 aromatic rings. The van der Waals surface area contributed by atoms with Gasteiger partial charge in [0.25, 0.3) is 0 Å². The fourth-order valence-corrected chi connectivity index (χ4v) is 2.71. The Balaban J connectivity index is 2.34. The lowest BCUT2D eigenvalue weighted by Crippen LogP contribution is -2.52. The van der Waals surface area contributed by atoms with Crippen molar-refractivity contribution in [3.05, 3.63) is 0 Å². The van der Waals surface area contributed by atoms with E-state index < -0.39 is 0 Å². The third kappa shape index (κ3) is 4.49. The lowest BCUT2D eigenvalue weighted by molar-refractivity contribution is 0.126. The van der Waals surface area contributed by atoms with Gasteiger partial charge in [-0.2, -0.15) is 0 Å². The monoisotopic (exact) mass is 214 g/mol. The van der Waals surface area contributed by atoms with Gasteiger partial charge in [0.05, 0.1) is 6.61 Å². The molecule has 2 N–H and O–H groups in total. The summed E-state index contributed by atoms with van der Waals surface area (Å²) in [5.41, 5.74) is 6.48. The van der Waals surface area contributed by atoms with Crippen molar-refractivity contribution in [3.63, 3.8) is 0 Å². The number of ether oxygens (including phenoxy) is 1. The van der Waals surface area contributed by atoms with Gasteiger partial charge in [0.2, 0.25) is 0 Å². The molecule has 0 saturated heterocycles. The third-order valence-electron chi connectivity index (χ3n) is 3.39. The highest BCUT2D eigenvalue weighted by Crippen LogP contribution is 2.30. The molecule has 90 valence electrons. The van der Waals surface area contributed by atoms with Gasteiger partial charge in [0.1, 0.15) is 0 Å². The summed E-state index contributed by atoms with van der Waals surface area (Å²) in [7, 11) is 3.88. The Morgan fingerprint density at radius 3 is 2.87 bits per heavy atom. The Morgan fingerprint density at radius 1 is 1.53 bits per heavy atom. The molecule has 0 spiro atoms. The number of likely N-dealkylation sites (N-methyl/N-ethyl adjacent to an activating group) is 1. The van der Waals surface area contributed by atoms with Crippen LogP contribution < -0.4 is 5.73 Å². The van der Waals surface area contributed by atoms with Crippen molar-refractivity contribution in [3.8, 4) is 0 Å². The van der Waals surface area contributed by atoms with E-state index in [2.05, 4.69) is 18.9 Å². The highest BCUT2D eigenvalue weighted by atomic mass is 16.5. The minimum atomic E-state index is 0.0418. The average molecular weight is 214 g/mol. The molecule has 2 unspecified atom stereocenters. The molecular weight excluding hydrogens is 188 g/mol. The molecule has 1 fully saturated rings. The lowest BCUT2D eigenvalue weighted by atomic mass is 9.77. The fraction of sp³-hybridized carbons (Fsp3) is 1.00. The van der Waals surface area contributed by atoms with Crippen LogP contribution in [0.25, 0.3) is 0 Å². The van der Waals surface area contributed by atoms with Gasteiger partial charge in [-0.25, -0.2) is 0 Å². The molecule has 0 aliphatic heterocycles. The SMILES string of the molecule is COCCN(C)CC1(N)CCCC(C)C1. The molecule has 0 heterocycles. The van der Waals surface area contributed by atoms with E-state index in [4.69, 9.17) is 10.5 Å². The highest BCUT2D eigenvalue weighted by molar-refractivity contribution is 4.91. The second-order valence-electron chi connectivity index (χ2n) is 5.29. The van der Waals surface area contributed by atoms with Crippen molar-refractivity contribution in [2.45, 2.75) is 38.1 Å². The smallest absolute Gasteiger partial charge is 0.0589 e. The van der Waals surface area contributed by atoms with Crippen molar-refractivity contribution in [1.82, 2.24) is 4.90 Å². The Morgan fingerprint density at radius 2 is 2.27 bits per heavy atom. The topological polar surface area (TPSA) is 38.5 Å². The number of hydrogen-bond acceptors (Lipinski definition) is 3. The van der Waals surface area contributed by atoms with E-state index in [1.165, 1.54) is 25.7 Å². The Kier molecular flexibility index (Phi) is 5.03. The van der Waals surface area contributed by atoms with E-state index in [1.807, 2.05) is 0 Å². The summed E-state index contributed by atoms with van der Waals surface area (Å²) < 4.78 is 5.07. The zero-order chi connectivity index (χ0) is 11.3. The highest BCUT2D eigenvalue weighted by Gasteiger charge is 2.31. The maximum Gasteiger partial charge on any atom is 0.0589 e. The van der Waals surface area contributed by atoms with E-state index in [1.54, 1.807) is 7.11 Å². The minimum Gasteiger partial charge on any atom is -0.383 e. The second kappa shape index (κ2) is 5.83. The van der Waals surface area contributed by atoms with Crippen molar-refractivity contribution in [2.75, 3.05) is 33.9 Å². The van der Waals surface area contributed by atoms with E-state index in [9.17, 15) is 0 Å². The molecule has 0 aromatic heterocycles. The number of nitrogens with two attached hydrogens (primary N) is 1. The van der Waals surface area contributed by atoms with Gasteiger partial charge < -0.3 is 15.4 Å². The summed E-state index contributed by atoms with van der Waals surface area (Å²) in [5, 5.41) is 0. The second-order valence-corrected chi connectivity index (χ2v) is 5.29. The maximum atomic E-state index is 6.44. The molecule has 3 heteroatoms. The zero-order valence-corrected chi connectivity index (χ0v) is 10.5. The van der Waals surface area contributed by atoms with E-state index in [-0.39, 0.29) is 5.54 Å². The molecule has 0 aromatic carbocycles. The normalized spacial score (nSPS) is 32.2. The number of rotatable bonds is 5. The van der Waals surface area contributed by atoms with Gasteiger partial charge in [-0.05, 0) is 25.8 Å². The van der Waals surface area contributed by atoms with Gasteiger partial charge in [-0.3, -0.25) is 0 Å². The van der Waals surface area contributed by atoms with Crippen LogP contribution in [0.2, 0.25) is 0 Å². The van der Waals surface area contributed by atoms with Gasteiger partial charge >= 0.3 is 0 Å². The van der Waals surface area contributed by atoms with E-state index in [0.29, 0.717) is 0 Å². The standard InChI is InChI=1S/C12H26N2O/c1-11-5-4-6-12(13,9-11)10-14(2)7-8-15-3/h11H,4-10,13H2,1-3H3. The first-order chi connectivity index (χ1) is 7.06. The predicted octanol–water partition coefficient (Wildman–Crippen LogP) is 1.47. The van der Waals surface area contributed by atoms with Crippen LogP contribution in [0, 0.1) is 5.92 Å². The molecule has 3 nitrogen and oxygen atoms in total. The van der Waals surface area contributed by atoms with Crippen molar-refractivity contribution in [2.24, 2.45) is 11.7 Å². The molecule has 1 saturated carbocycles. The average Bonchev–Trinajstić information content (AvgIpc) is 2.13. The first-order valence-corrected chi connectivity index (χ1v) is 6.02. The summed E-state index contributed by atoms with van der Waals surface area (Å²) in [6, 6.07) is 0. The molecule has 0 radical (unpaired) electrons. The van der Waals surface area contributed by atoms with Gasteiger partial charge in [0.15, 0.2) is 0 Å². The number of hydrogen-bond donors (Lipinski definition) is 1.